The predicted molar refractivity (Wildman–Crippen MR) is 70.1 cm³/mol. The third kappa shape index (κ3) is 2.42. The molecule has 0 saturated carbocycles. The van der Waals surface area contributed by atoms with Crippen molar-refractivity contribution < 1.29 is 0 Å². The Labute approximate surface area is 100 Å². The summed E-state index contributed by atoms with van der Waals surface area (Å²) in [6.45, 7) is 7.09. The van der Waals surface area contributed by atoms with Gasteiger partial charge in [0.25, 0.3) is 0 Å². The molecule has 3 heteroatoms. The smallest absolute Gasteiger partial charge is 0.0898 e. The zero-order valence-electron chi connectivity index (χ0n) is 9.87. The van der Waals surface area contributed by atoms with E-state index >= 15 is 0 Å². The molecular weight excluding hydrogens is 216 g/mol. The van der Waals surface area contributed by atoms with Crippen LogP contribution in [0.5, 0.6) is 0 Å². The van der Waals surface area contributed by atoms with Gasteiger partial charge < -0.3 is 5.32 Å². The number of para-hydroxylation sites is 1. The van der Waals surface area contributed by atoms with Crippen LogP contribution in [0.2, 0.25) is 0 Å². The highest BCUT2D eigenvalue weighted by molar-refractivity contribution is 7.09. The topological polar surface area (TPSA) is 24.9 Å². The van der Waals surface area contributed by atoms with Gasteiger partial charge in [-0.3, -0.25) is 0 Å². The van der Waals surface area contributed by atoms with Gasteiger partial charge in [0.2, 0.25) is 0 Å². The van der Waals surface area contributed by atoms with Crippen LogP contribution < -0.4 is 5.32 Å². The zero-order chi connectivity index (χ0) is 11.5. The Morgan fingerprint density at radius 2 is 1.88 bits per heavy atom. The Kier molecular flexibility index (Phi) is 3.25. The van der Waals surface area contributed by atoms with E-state index in [1.807, 2.05) is 6.92 Å². The SMILES string of the molecule is Cc1nc(CNc2c(C)cccc2C)cs1. The highest BCUT2D eigenvalue weighted by Crippen LogP contribution is 2.20. The normalized spacial score (nSPS) is 10.4. The van der Waals surface area contributed by atoms with Gasteiger partial charge >= 0.3 is 0 Å². The first-order valence-corrected chi connectivity index (χ1v) is 6.26. The maximum atomic E-state index is 4.44. The van der Waals surface area contributed by atoms with Crippen molar-refractivity contribution in [3.63, 3.8) is 0 Å². The van der Waals surface area contributed by atoms with Gasteiger partial charge in [0.05, 0.1) is 17.2 Å². The second-order valence-corrected chi connectivity index (χ2v) is 5.04. The Hall–Kier alpha value is -1.35. The molecule has 1 aromatic carbocycles. The van der Waals surface area contributed by atoms with Crippen LogP contribution >= 0.6 is 11.3 Å². The van der Waals surface area contributed by atoms with Crippen molar-refractivity contribution in [1.82, 2.24) is 4.98 Å². The Balaban J connectivity index is 2.10. The molecule has 84 valence electrons. The summed E-state index contributed by atoms with van der Waals surface area (Å²) in [6, 6.07) is 6.34. The van der Waals surface area contributed by atoms with Crippen LogP contribution in [-0.4, -0.2) is 4.98 Å². The van der Waals surface area contributed by atoms with E-state index in [0.717, 1.165) is 17.2 Å². The van der Waals surface area contributed by atoms with Crippen molar-refractivity contribution in [3.05, 3.63) is 45.4 Å². The first-order valence-electron chi connectivity index (χ1n) is 5.38. The molecule has 2 aromatic rings. The maximum Gasteiger partial charge on any atom is 0.0898 e. The first-order chi connectivity index (χ1) is 7.66. The molecule has 2 rings (SSSR count). The molecule has 0 aliphatic heterocycles. The van der Waals surface area contributed by atoms with E-state index in [2.05, 4.69) is 47.7 Å². The Morgan fingerprint density at radius 3 is 2.44 bits per heavy atom. The van der Waals surface area contributed by atoms with Crippen LogP contribution in [0.1, 0.15) is 21.8 Å². The number of anilines is 1. The summed E-state index contributed by atoms with van der Waals surface area (Å²) >= 11 is 1.70. The standard InChI is InChI=1S/C13H16N2S/c1-9-5-4-6-10(2)13(9)14-7-12-8-16-11(3)15-12/h4-6,8,14H,7H2,1-3H3. The molecule has 0 amide bonds. The number of aromatic nitrogens is 1. The van der Waals surface area contributed by atoms with E-state index < -0.39 is 0 Å². The minimum atomic E-state index is 0.802. The van der Waals surface area contributed by atoms with Gasteiger partial charge in [-0.2, -0.15) is 0 Å². The van der Waals surface area contributed by atoms with Gasteiger partial charge in [0, 0.05) is 11.1 Å². The summed E-state index contributed by atoms with van der Waals surface area (Å²) in [6.07, 6.45) is 0. The number of nitrogens with one attached hydrogen (secondary N) is 1. The summed E-state index contributed by atoms with van der Waals surface area (Å²) < 4.78 is 0. The lowest BCUT2D eigenvalue weighted by molar-refractivity contribution is 1.05. The van der Waals surface area contributed by atoms with Crippen LogP contribution in [0.3, 0.4) is 0 Å². The molecule has 0 bridgehead atoms. The third-order valence-corrected chi connectivity index (χ3v) is 3.42. The second-order valence-electron chi connectivity index (χ2n) is 3.98. The molecule has 0 aliphatic carbocycles. The number of hydrogen-bond donors (Lipinski definition) is 1. The maximum absolute atomic E-state index is 4.44. The van der Waals surface area contributed by atoms with E-state index in [9.17, 15) is 0 Å². The van der Waals surface area contributed by atoms with Crippen molar-refractivity contribution in [3.8, 4) is 0 Å². The van der Waals surface area contributed by atoms with Crippen LogP contribution in [0.15, 0.2) is 23.6 Å². The molecule has 1 heterocycles. The van der Waals surface area contributed by atoms with Crippen molar-refractivity contribution in [2.45, 2.75) is 27.3 Å². The average molecular weight is 232 g/mol. The Bertz CT molecular complexity index is 468. The molecule has 0 radical (unpaired) electrons. The molecule has 0 unspecified atom stereocenters. The van der Waals surface area contributed by atoms with E-state index in [-0.39, 0.29) is 0 Å². The first kappa shape index (κ1) is 11.1. The van der Waals surface area contributed by atoms with E-state index in [4.69, 9.17) is 0 Å². The van der Waals surface area contributed by atoms with Crippen LogP contribution in [0.25, 0.3) is 0 Å². The van der Waals surface area contributed by atoms with Crippen molar-refractivity contribution in [2.24, 2.45) is 0 Å². The van der Waals surface area contributed by atoms with Crippen LogP contribution in [-0.2, 0) is 6.54 Å². The Morgan fingerprint density at radius 1 is 1.19 bits per heavy atom. The highest BCUT2D eigenvalue weighted by atomic mass is 32.1. The minimum Gasteiger partial charge on any atom is -0.379 e. The third-order valence-electron chi connectivity index (χ3n) is 2.59. The molecule has 2 nitrogen and oxygen atoms in total. The van der Waals surface area contributed by atoms with Crippen molar-refractivity contribution in [1.29, 1.82) is 0 Å². The fourth-order valence-electron chi connectivity index (χ4n) is 1.76. The number of benzene rings is 1. The highest BCUT2D eigenvalue weighted by Gasteiger charge is 2.02. The quantitative estimate of drug-likeness (QED) is 0.873. The summed E-state index contributed by atoms with van der Waals surface area (Å²) in [7, 11) is 0. The van der Waals surface area contributed by atoms with Crippen LogP contribution in [0, 0.1) is 20.8 Å². The molecule has 1 N–H and O–H groups in total. The molecule has 0 aliphatic rings. The number of rotatable bonds is 3. The summed E-state index contributed by atoms with van der Waals surface area (Å²) in [4.78, 5) is 4.44. The van der Waals surface area contributed by atoms with E-state index in [1.54, 1.807) is 11.3 Å². The van der Waals surface area contributed by atoms with Gasteiger partial charge in [0.1, 0.15) is 0 Å². The molecular formula is C13H16N2S. The van der Waals surface area contributed by atoms with Gasteiger partial charge in [-0.1, -0.05) is 18.2 Å². The molecule has 16 heavy (non-hydrogen) atoms. The van der Waals surface area contributed by atoms with Gasteiger partial charge in [0.15, 0.2) is 0 Å². The molecule has 0 fully saturated rings. The summed E-state index contributed by atoms with van der Waals surface area (Å²) in [5, 5.41) is 6.69. The monoisotopic (exact) mass is 232 g/mol. The second kappa shape index (κ2) is 4.66. The summed E-state index contributed by atoms with van der Waals surface area (Å²) in [5.41, 5.74) is 4.91. The zero-order valence-corrected chi connectivity index (χ0v) is 10.7. The van der Waals surface area contributed by atoms with Crippen molar-refractivity contribution in [2.75, 3.05) is 5.32 Å². The number of hydrogen-bond acceptors (Lipinski definition) is 3. The van der Waals surface area contributed by atoms with Gasteiger partial charge in [-0.05, 0) is 31.9 Å². The fourth-order valence-corrected chi connectivity index (χ4v) is 2.37. The van der Waals surface area contributed by atoms with Crippen LogP contribution in [0.4, 0.5) is 5.69 Å². The lowest BCUT2D eigenvalue weighted by Gasteiger charge is -2.11. The average Bonchev–Trinajstić information content (AvgIpc) is 2.63. The number of aryl methyl sites for hydroxylation is 3. The van der Waals surface area contributed by atoms with E-state index in [1.165, 1.54) is 16.8 Å². The molecule has 0 spiro atoms. The number of nitrogens with zero attached hydrogens (tertiary/aromatic N) is 1. The molecule has 0 saturated heterocycles. The predicted octanol–water partition coefficient (Wildman–Crippen LogP) is 3.68. The molecule has 0 atom stereocenters. The molecule has 1 aromatic heterocycles. The summed E-state index contributed by atoms with van der Waals surface area (Å²) in [5.74, 6) is 0. The fraction of sp³-hybridized carbons (Fsp3) is 0.308. The lowest BCUT2D eigenvalue weighted by atomic mass is 10.1. The lowest BCUT2D eigenvalue weighted by Crippen LogP contribution is -2.03. The van der Waals surface area contributed by atoms with Gasteiger partial charge in [-0.15, -0.1) is 11.3 Å². The van der Waals surface area contributed by atoms with Gasteiger partial charge in [-0.25, -0.2) is 4.98 Å². The number of thiazole rings is 1. The minimum absolute atomic E-state index is 0.802. The van der Waals surface area contributed by atoms with Crippen molar-refractivity contribution >= 4 is 17.0 Å². The largest absolute Gasteiger partial charge is 0.379 e. The van der Waals surface area contributed by atoms with E-state index in [0.29, 0.717) is 0 Å².